The van der Waals surface area contributed by atoms with Gasteiger partial charge in [-0.1, -0.05) is 12.1 Å². The number of aryl methyl sites for hydroxylation is 1. The minimum absolute atomic E-state index is 0.127. The van der Waals surface area contributed by atoms with Crippen LogP contribution >= 0.6 is 0 Å². The molecule has 0 radical (unpaired) electrons. The number of nitrogens with zero attached hydrogens (tertiary/aromatic N) is 6. The average Bonchev–Trinajstić information content (AvgIpc) is 2.93. The number of hydrazine groups is 1. The molecule has 13 heteroatoms. The molecule has 0 unspecified atom stereocenters. The number of alkyl halides is 3. The van der Waals surface area contributed by atoms with Gasteiger partial charge in [0.25, 0.3) is 5.91 Å². The number of aromatic nitrogens is 2. The molecule has 2 aliphatic rings. The molecular formula is C27H29F3N8O2. The Labute approximate surface area is 229 Å². The van der Waals surface area contributed by atoms with Gasteiger partial charge in [0.1, 0.15) is 5.82 Å². The normalized spacial score (nSPS) is 16.6. The highest BCUT2D eigenvalue weighted by atomic mass is 19.4. The van der Waals surface area contributed by atoms with Crippen molar-refractivity contribution in [2.24, 2.45) is 0 Å². The summed E-state index contributed by atoms with van der Waals surface area (Å²) in [7, 11) is 3.70. The molecule has 10 nitrogen and oxygen atoms in total. The van der Waals surface area contributed by atoms with Gasteiger partial charge < -0.3 is 10.2 Å². The summed E-state index contributed by atoms with van der Waals surface area (Å²) in [6, 6.07) is 8.89. The molecule has 2 N–H and O–H groups in total. The predicted molar refractivity (Wildman–Crippen MR) is 145 cm³/mol. The number of likely N-dealkylation sites (N-methyl/N-ethyl adjacent to an activating group) is 1. The molecule has 0 aliphatic carbocycles. The summed E-state index contributed by atoms with van der Waals surface area (Å²) in [6.45, 7) is 5.52. The predicted octanol–water partition coefficient (Wildman–Crippen LogP) is 4.21. The second-order valence-corrected chi connectivity index (χ2v) is 9.91. The van der Waals surface area contributed by atoms with Crippen molar-refractivity contribution in [3.8, 4) is 0 Å². The largest absolute Gasteiger partial charge is 0.416 e. The molecular weight excluding hydrogens is 525 g/mol. The van der Waals surface area contributed by atoms with E-state index in [0.717, 1.165) is 49.4 Å². The van der Waals surface area contributed by atoms with Crippen molar-refractivity contribution in [3.05, 3.63) is 70.9 Å². The Balaban J connectivity index is 1.34. The smallest absolute Gasteiger partial charge is 0.322 e. The molecule has 210 valence electrons. The number of halogens is 3. The number of piperazine rings is 1. The lowest BCUT2D eigenvalue weighted by atomic mass is 10.1. The number of rotatable bonds is 5. The Morgan fingerprint density at radius 3 is 2.50 bits per heavy atom. The van der Waals surface area contributed by atoms with Crippen LogP contribution in [0.1, 0.15) is 27.0 Å². The third-order valence-corrected chi connectivity index (χ3v) is 6.98. The van der Waals surface area contributed by atoms with E-state index >= 15 is 0 Å². The Morgan fingerprint density at radius 1 is 1.02 bits per heavy atom. The lowest BCUT2D eigenvalue weighted by molar-refractivity contribution is -0.137. The van der Waals surface area contributed by atoms with Crippen LogP contribution in [-0.2, 0) is 12.7 Å². The summed E-state index contributed by atoms with van der Waals surface area (Å²) >= 11 is 0. The Bertz CT molecular complexity index is 1440. The standard InChI is InChI=1S/C27H29F3N8O2/c1-17-7-8-21(32-24(39)18-5-4-6-20(13-18)27(28,29)30)14-22(17)38-16-19-15-31-25(33-23(19)36(3)26(38)40)34-37-11-9-35(2)10-12-37/h4-8,13-15H,9-12,16H2,1-3H3,(H,32,39)(H,31,33,34). The maximum atomic E-state index is 13.4. The summed E-state index contributed by atoms with van der Waals surface area (Å²) in [4.78, 5) is 40.4. The molecule has 1 aromatic heterocycles. The van der Waals surface area contributed by atoms with Crippen LogP contribution in [0.3, 0.4) is 0 Å². The highest BCUT2D eigenvalue weighted by molar-refractivity contribution is 6.07. The van der Waals surface area contributed by atoms with Crippen LogP contribution in [0, 0.1) is 6.92 Å². The second-order valence-electron chi connectivity index (χ2n) is 9.91. The first-order chi connectivity index (χ1) is 19.0. The maximum Gasteiger partial charge on any atom is 0.416 e. The van der Waals surface area contributed by atoms with E-state index in [-0.39, 0.29) is 18.1 Å². The molecule has 2 aliphatic heterocycles. The fraction of sp³-hybridized carbons (Fsp3) is 0.333. The monoisotopic (exact) mass is 554 g/mol. The van der Waals surface area contributed by atoms with Crippen molar-refractivity contribution < 1.29 is 22.8 Å². The van der Waals surface area contributed by atoms with Crippen LogP contribution in [0.25, 0.3) is 0 Å². The molecule has 0 spiro atoms. The summed E-state index contributed by atoms with van der Waals surface area (Å²) < 4.78 is 39.3. The van der Waals surface area contributed by atoms with E-state index in [1.165, 1.54) is 17.0 Å². The summed E-state index contributed by atoms with van der Waals surface area (Å²) in [5.41, 5.74) is 4.58. The molecule has 1 fully saturated rings. The number of urea groups is 1. The van der Waals surface area contributed by atoms with E-state index < -0.39 is 17.6 Å². The van der Waals surface area contributed by atoms with Gasteiger partial charge in [-0.05, 0) is 49.9 Å². The number of hydrogen-bond acceptors (Lipinski definition) is 7. The molecule has 0 bridgehead atoms. The van der Waals surface area contributed by atoms with E-state index in [2.05, 4.69) is 32.7 Å². The zero-order valence-corrected chi connectivity index (χ0v) is 22.3. The van der Waals surface area contributed by atoms with Crippen LogP contribution in [0.4, 0.5) is 41.1 Å². The van der Waals surface area contributed by atoms with Gasteiger partial charge in [-0.15, -0.1) is 0 Å². The van der Waals surface area contributed by atoms with Crippen molar-refractivity contribution in [2.75, 3.05) is 60.8 Å². The van der Waals surface area contributed by atoms with Gasteiger partial charge in [0, 0.05) is 56.2 Å². The Morgan fingerprint density at radius 2 is 1.77 bits per heavy atom. The van der Waals surface area contributed by atoms with E-state index in [4.69, 9.17) is 0 Å². The fourth-order valence-corrected chi connectivity index (χ4v) is 4.63. The second kappa shape index (κ2) is 10.7. The highest BCUT2D eigenvalue weighted by Gasteiger charge is 2.33. The van der Waals surface area contributed by atoms with E-state index in [9.17, 15) is 22.8 Å². The lowest BCUT2D eigenvalue weighted by Crippen LogP contribution is -2.48. The van der Waals surface area contributed by atoms with Gasteiger partial charge >= 0.3 is 12.2 Å². The van der Waals surface area contributed by atoms with Crippen LogP contribution in [0.2, 0.25) is 0 Å². The van der Waals surface area contributed by atoms with Crippen molar-refractivity contribution in [1.29, 1.82) is 0 Å². The first-order valence-electron chi connectivity index (χ1n) is 12.7. The van der Waals surface area contributed by atoms with Crippen molar-refractivity contribution in [3.63, 3.8) is 0 Å². The zero-order chi connectivity index (χ0) is 28.6. The number of amides is 3. The molecule has 40 heavy (non-hydrogen) atoms. The number of anilines is 4. The number of carbonyl (C=O) groups is 2. The SMILES string of the molecule is Cc1ccc(NC(=O)c2cccc(C(F)(F)F)c2)cc1N1Cc2cnc(NN3CCN(C)CC3)nc2N(C)C1=O. The van der Waals surface area contributed by atoms with Crippen molar-refractivity contribution in [2.45, 2.75) is 19.6 Å². The molecule has 0 saturated carbocycles. The van der Waals surface area contributed by atoms with Gasteiger partial charge in [-0.25, -0.2) is 14.8 Å². The number of nitrogens with one attached hydrogen (secondary N) is 2. The van der Waals surface area contributed by atoms with E-state index in [0.29, 0.717) is 23.1 Å². The Kier molecular flexibility index (Phi) is 7.34. The third kappa shape index (κ3) is 5.70. The molecule has 5 rings (SSSR count). The van der Waals surface area contributed by atoms with Gasteiger partial charge in [0.15, 0.2) is 0 Å². The lowest BCUT2D eigenvalue weighted by Gasteiger charge is -2.35. The fourth-order valence-electron chi connectivity index (χ4n) is 4.63. The minimum atomic E-state index is -4.56. The van der Waals surface area contributed by atoms with Crippen molar-refractivity contribution in [1.82, 2.24) is 19.9 Å². The third-order valence-electron chi connectivity index (χ3n) is 6.98. The first kappa shape index (κ1) is 27.3. The number of benzene rings is 2. The van der Waals surface area contributed by atoms with Gasteiger partial charge in [-0.3, -0.25) is 20.0 Å². The van der Waals surface area contributed by atoms with Gasteiger partial charge in [-0.2, -0.15) is 18.2 Å². The Hall–Kier alpha value is -4.23. The average molecular weight is 555 g/mol. The summed E-state index contributed by atoms with van der Waals surface area (Å²) in [5, 5.41) is 4.68. The molecule has 3 heterocycles. The van der Waals surface area contributed by atoms with Gasteiger partial charge in [0.05, 0.1) is 17.8 Å². The topological polar surface area (TPSA) is 96.9 Å². The van der Waals surface area contributed by atoms with Crippen LogP contribution < -0.4 is 20.5 Å². The number of hydrogen-bond donors (Lipinski definition) is 2. The van der Waals surface area contributed by atoms with E-state index in [1.54, 1.807) is 36.3 Å². The minimum Gasteiger partial charge on any atom is -0.322 e. The summed E-state index contributed by atoms with van der Waals surface area (Å²) in [5.74, 6) is 0.216. The molecule has 2 aromatic carbocycles. The summed E-state index contributed by atoms with van der Waals surface area (Å²) in [6.07, 6.45) is -2.87. The number of carbonyl (C=O) groups excluding carboxylic acids is 2. The van der Waals surface area contributed by atoms with Crippen LogP contribution in [0.15, 0.2) is 48.7 Å². The maximum absolute atomic E-state index is 13.4. The first-order valence-corrected chi connectivity index (χ1v) is 12.7. The van der Waals surface area contributed by atoms with E-state index in [1.807, 2.05) is 11.9 Å². The quantitative estimate of drug-likeness (QED) is 0.488. The highest BCUT2D eigenvalue weighted by Crippen LogP contribution is 2.34. The number of fused-ring (bicyclic) bond motifs is 1. The van der Waals surface area contributed by atoms with Crippen LogP contribution in [-0.4, -0.2) is 72.1 Å². The zero-order valence-electron chi connectivity index (χ0n) is 22.3. The van der Waals surface area contributed by atoms with Crippen molar-refractivity contribution >= 4 is 35.1 Å². The molecule has 3 amide bonds. The molecule has 1 saturated heterocycles. The molecule has 0 atom stereocenters. The molecule has 3 aromatic rings. The van der Waals surface area contributed by atoms with Gasteiger partial charge in [0.2, 0.25) is 5.95 Å². The van der Waals surface area contributed by atoms with Crippen LogP contribution in [0.5, 0.6) is 0 Å².